The van der Waals surface area contributed by atoms with Crippen LogP contribution in [0.3, 0.4) is 0 Å². The average Bonchev–Trinajstić information content (AvgIpc) is 3.33. The van der Waals surface area contributed by atoms with Crippen molar-refractivity contribution in [2.24, 2.45) is 0 Å². The molecule has 3 aromatic rings. The van der Waals surface area contributed by atoms with Crippen molar-refractivity contribution in [3.63, 3.8) is 0 Å². The van der Waals surface area contributed by atoms with Crippen molar-refractivity contribution in [2.75, 3.05) is 26.3 Å². The first kappa shape index (κ1) is 18.1. The molecule has 28 heavy (non-hydrogen) atoms. The van der Waals surface area contributed by atoms with E-state index in [0.717, 1.165) is 10.6 Å². The maximum absolute atomic E-state index is 12.7. The summed E-state index contributed by atoms with van der Waals surface area (Å²) in [6, 6.07) is 10.8. The molecule has 0 saturated carbocycles. The number of hydrogen-bond acceptors (Lipinski definition) is 7. The summed E-state index contributed by atoms with van der Waals surface area (Å²) >= 11 is 1.32. The lowest BCUT2D eigenvalue weighted by Crippen LogP contribution is -2.11. The molecular formula is C20H18N2O5S. The smallest absolute Gasteiger partial charge is 0.267 e. The molecule has 7 nitrogen and oxygen atoms in total. The zero-order valence-corrected chi connectivity index (χ0v) is 16.4. The van der Waals surface area contributed by atoms with Gasteiger partial charge in [-0.1, -0.05) is 0 Å². The number of carbonyl (C=O) groups is 1. The first-order valence-corrected chi connectivity index (χ1v) is 9.31. The van der Waals surface area contributed by atoms with Gasteiger partial charge in [-0.25, -0.2) is 4.98 Å². The summed E-state index contributed by atoms with van der Waals surface area (Å²) in [5, 5.41) is 3.62. The fraction of sp³-hybridized carbons (Fsp3) is 0.200. The first-order chi connectivity index (χ1) is 13.6. The number of ether oxygens (including phenoxy) is 4. The standard InChI is InChI=1S/C20H18N2O5S/c1-11-18(19(23)22-13-5-7-15-17(9-13)27-10-26-15)28-20(21-11)12-4-6-14(24-2)16(8-12)25-3/h4-9H,10H2,1-3H3,(H,22,23). The minimum atomic E-state index is -0.222. The quantitative estimate of drug-likeness (QED) is 0.697. The van der Waals surface area contributed by atoms with Crippen LogP contribution in [0.1, 0.15) is 15.4 Å². The topological polar surface area (TPSA) is 78.9 Å². The van der Waals surface area contributed by atoms with Gasteiger partial charge >= 0.3 is 0 Å². The molecule has 144 valence electrons. The van der Waals surface area contributed by atoms with Crippen LogP contribution in [-0.2, 0) is 0 Å². The van der Waals surface area contributed by atoms with E-state index in [4.69, 9.17) is 18.9 Å². The van der Waals surface area contributed by atoms with E-state index in [1.54, 1.807) is 32.4 Å². The van der Waals surface area contributed by atoms with Gasteiger partial charge in [0.05, 0.1) is 19.9 Å². The van der Waals surface area contributed by atoms with Crippen molar-refractivity contribution in [1.82, 2.24) is 4.98 Å². The van der Waals surface area contributed by atoms with Gasteiger partial charge in [0.15, 0.2) is 23.0 Å². The van der Waals surface area contributed by atoms with Gasteiger partial charge < -0.3 is 24.3 Å². The van der Waals surface area contributed by atoms with E-state index in [9.17, 15) is 4.79 Å². The van der Waals surface area contributed by atoms with E-state index < -0.39 is 0 Å². The van der Waals surface area contributed by atoms with Crippen LogP contribution < -0.4 is 24.3 Å². The number of aromatic nitrogens is 1. The van der Waals surface area contributed by atoms with E-state index in [0.29, 0.717) is 39.3 Å². The molecule has 0 aliphatic carbocycles. The fourth-order valence-corrected chi connectivity index (χ4v) is 3.82. The van der Waals surface area contributed by atoms with Crippen molar-refractivity contribution in [3.05, 3.63) is 47.0 Å². The second-order valence-corrected chi connectivity index (χ2v) is 7.02. The number of carbonyl (C=O) groups excluding carboxylic acids is 1. The monoisotopic (exact) mass is 398 g/mol. The third-order valence-electron chi connectivity index (χ3n) is 4.26. The van der Waals surface area contributed by atoms with Gasteiger partial charge in [-0.3, -0.25) is 4.79 Å². The second-order valence-electron chi connectivity index (χ2n) is 6.03. The molecule has 8 heteroatoms. The summed E-state index contributed by atoms with van der Waals surface area (Å²) in [6.45, 7) is 2.00. The lowest BCUT2D eigenvalue weighted by atomic mass is 10.2. The summed E-state index contributed by atoms with van der Waals surface area (Å²) in [5.74, 6) is 2.31. The lowest BCUT2D eigenvalue weighted by Gasteiger charge is -2.08. The molecule has 0 fully saturated rings. The van der Waals surface area contributed by atoms with Crippen LogP contribution in [0.2, 0.25) is 0 Å². The third kappa shape index (κ3) is 3.34. The van der Waals surface area contributed by atoms with E-state index >= 15 is 0 Å². The number of benzene rings is 2. The number of anilines is 1. The number of amides is 1. The highest BCUT2D eigenvalue weighted by Crippen LogP contribution is 2.36. The van der Waals surface area contributed by atoms with Crippen LogP contribution in [0, 0.1) is 6.92 Å². The number of nitrogens with one attached hydrogen (secondary N) is 1. The molecule has 0 radical (unpaired) electrons. The number of nitrogens with zero attached hydrogens (tertiary/aromatic N) is 1. The number of rotatable bonds is 5. The number of thiazole rings is 1. The normalized spacial score (nSPS) is 12.0. The van der Waals surface area contributed by atoms with E-state index in [-0.39, 0.29) is 12.7 Å². The Bertz CT molecular complexity index is 1050. The summed E-state index contributed by atoms with van der Waals surface area (Å²) in [6.07, 6.45) is 0. The van der Waals surface area contributed by atoms with Crippen molar-refractivity contribution >= 4 is 22.9 Å². The summed E-state index contributed by atoms with van der Waals surface area (Å²) < 4.78 is 21.3. The Morgan fingerprint density at radius 3 is 2.64 bits per heavy atom. The summed E-state index contributed by atoms with van der Waals surface area (Å²) in [5.41, 5.74) is 2.15. The SMILES string of the molecule is COc1ccc(-c2nc(C)c(C(=O)Nc3ccc4c(c3)OCO4)s2)cc1OC. The van der Waals surface area contributed by atoms with Gasteiger partial charge in [0.25, 0.3) is 5.91 Å². The minimum Gasteiger partial charge on any atom is -0.493 e. The Morgan fingerprint density at radius 1 is 1.07 bits per heavy atom. The molecule has 0 bridgehead atoms. The van der Waals surface area contributed by atoms with Crippen molar-refractivity contribution in [1.29, 1.82) is 0 Å². The van der Waals surface area contributed by atoms with Gasteiger partial charge in [0.2, 0.25) is 6.79 Å². The van der Waals surface area contributed by atoms with Gasteiger partial charge in [-0.2, -0.15) is 0 Å². The zero-order valence-electron chi connectivity index (χ0n) is 15.6. The Morgan fingerprint density at radius 2 is 1.86 bits per heavy atom. The third-order valence-corrected chi connectivity index (χ3v) is 5.47. The molecule has 0 unspecified atom stereocenters. The Balaban J connectivity index is 1.58. The molecular weight excluding hydrogens is 380 g/mol. The largest absolute Gasteiger partial charge is 0.493 e. The van der Waals surface area contributed by atoms with E-state index in [1.807, 2.05) is 25.1 Å². The van der Waals surface area contributed by atoms with Crippen LogP contribution in [0.25, 0.3) is 10.6 Å². The van der Waals surface area contributed by atoms with Crippen LogP contribution in [-0.4, -0.2) is 31.9 Å². The molecule has 2 heterocycles. The highest BCUT2D eigenvalue weighted by molar-refractivity contribution is 7.17. The number of hydrogen-bond donors (Lipinski definition) is 1. The van der Waals surface area contributed by atoms with Crippen molar-refractivity contribution < 1.29 is 23.7 Å². The van der Waals surface area contributed by atoms with Gasteiger partial charge in [-0.05, 0) is 37.3 Å². The maximum atomic E-state index is 12.7. The van der Waals surface area contributed by atoms with E-state index in [1.165, 1.54) is 11.3 Å². The zero-order chi connectivity index (χ0) is 19.7. The average molecular weight is 398 g/mol. The van der Waals surface area contributed by atoms with Gasteiger partial charge in [-0.15, -0.1) is 11.3 Å². The molecule has 0 saturated heterocycles. The highest BCUT2D eigenvalue weighted by Gasteiger charge is 2.19. The fourth-order valence-electron chi connectivity index (χ4n) is 2.86. The molecule has 1 aromatic heterocycles. The molecule has 1 aliphatic rings. The number of methoxy groups -OCH3 is 2. The molecule has 1 aliphatic heterocycles. The highest BCUT2D eigenvalue weighted by atomic mass is 32.1. The van der Waals surface area contributed by atoms with Crippen LogP contribution in [0.5, 0.6) is 23.0 Å². The van der Waals surface area contributed by atoms with Crippen LogP contribution >= 0.6 is 11.3 Å². The predicted molar refractivity (Wildman–Crippen MR) is 106 cm³/mol. The maximum Gasteiger partial charge on any atom is 0.267 e. The number of aryl methyl sites for hydroxylation is 1. The molecule has 1 amide bonds. The first-order valence-electron chi connectivity index (χ1n) is 8.50. The Hall–Kier alpha value is -3.26. The number of fused-ring (bicyclic) bond motifs is 1. The van der Waals surface area contributed by atoms with Crippen LogP contribution in [0.15, 0.2) is 36.4 Å². The Labute approximate surface area is 165 Å². The van der Waals surface area contributed by atoms with Crippen molar-refractivity contribution in [2.45, 2.75) is 6.92 Å². The lowest BCUT2D eigenvalue weighted by molar-refractivity contribution is 0.103. The summed E-state index contributed by atoms with van der Waals surface area (Å²) in [7, 11) is 3.17. The molecule has 0 atom stereocenters. The molecule has 1 N–H and O–H groups in total. The van der Waals surface area contributed by atoms with Crippen molar-refractivity contribution in [3.8, 4) is 33.6 Å². The predicted octanol–water partition coefficient (Wildman–Crippen LogP) is 4.12. The van der Waals surface area contributed by atoms with Gasteiger partial charge in [0, 0.05) is 17.3 Å². The minimum absolute atomic E-state index is 0.190. The molecule has 2 aromatic carbocycles. The molecule has 4 rings (SSSR count). The van der Waals surface area contributed by atoms with E-state index in [2.05, 4.69) is 10.3 Å². The van der Waals surface area contributed by atoms with Crippen LogP contribution in [0.4, 0.5) is 5.69 Å². The summed E-state index contributed by atoms with van der Waals surface area (Å²) in [4.78, 5) is 17.8. The van der Waals surface area contributed by atoms with Gasteiger partial charge in [0.1, 0.15) is 9.88 Å². The Kier molecular flexibility index (Phi) is 4.79. The second kappa shape index (κ2) is 7.40. The molecule has 0 spiro atoms.